The molecule has 0 saturated carbocycles. The van der Waals surface area contributed by atoms with Gasteiger partial charge in [0.05, 0.1) is 16.4 Å². The van der Waals surface area contributed by atoms with Gasteiger partial charge in [-0.25, -0.2) is 0 Å². The Kier molecular flexibility index (Phi) is 10.9. The van der Waals surface area contributed by atoms with Crippen LogP contribution in [-0.2, 0) is 10.8 Å². The molecule has 0 amide bonds. The molecule has 1 unspecified atom stereocenters. The zero-order chi connectivity index (χ0) is 56.4. The molecule has 400 valence electrons. The number of para-hydroxylation sites is 4. The van der Waals surface area contributed by atoms with Crippen molar-refractivity contribution in [3.05, 3.63) is 337 Å². The second-order valence-electron chi connectivity index (χ2n) is 23.5. The van der Waals surface area contributed by atoms with Crippen LogP contribution in [0.5, 0.6) is 0 Å². The van der Waals surface area contributed by atoms with Gasteiger partial charge in [-0.1, -0.05) is 244 Å². The van der Waals surface area contributed by atoms with Crippen LogP contribution in [0.4, 0.5) is 17.1 Å². The van der Waals surface area contributed by atoms with Crippen LogP contribution in [0.25, 0.3) is 105 Å². The molecule has 2 heterocycles. The van der Waals surface area contributed by atoms with Crippen molar-refractivity contribution in [2.75, 3.05) is 4.90 Å². The first-order valence-electron chi connectivity index (χ1n) is 29.6. The molecule has 1 atom stereocenters. The summed E-state index contributed by atoms with van der Waals surface area (Å²) < 4.78 is 8.93. The summed E-state index contributed by atoms with van der Waals surface area (Å²) in [4.78, 5) is 2.44. The highest BCUT2D eigenvalue weighted by atomic mass is 16.3. The number of benzene rings is 13. The maximum atomic E-state index is 6.55. The van der Waals surface area contributed by atoms with Gasteiger partial charge in [0.25, 0.3) is 0 Å². The molecule has 2 aliphatic carbocycles. The highest BCUT2D eigenvalue weighted by Crippen LogP contribution is 2.59. The predicted molar refractivity (Wildman–Crippen MR) is 354 cm³/mol. The highest BCUT2D eigenvalue weighted by molar-refractivity contribution is 6.11. The topological polar surface area (TPSA) is 21.3 Å². The number of hydrogen-bond donors (Lipinski definition) is 0. The predicted octanol–water partition coefficient (Wildman–Crippen LogP) is 21.8. The van der Waals surface area contributed by atoms with Crippen LogP contribution in [0.15, 0.2) is 308 Å². The minimum atomic E-state index is -0.580. The average molecular weight is 1090 g/mol. The average Bonchev–Trinajstić information content (AvgIpc) is 1.78. The maximum absolute atomic E-state index is 6.55. The summed E-state index contributed by atoms with van der Waals surface area (Å²) >= 11 is 0. The Morgan fingerprint density at radius 2 is 0.847 bits per heavy atom. The van der Waals surface area contributed by atoms with Crippen LogP contribution in [0, 0.1) is 0 Å². The van der Waals surface area contributed by atoms with Crippen molar-refractivity contribution in [3.63, 3.8) is 0 Å². The fourth-order valence-corrected chi connectivity index (χ4v) is 14.8. The second-order valence-corrected chi connectivity index (χ2v) is 23.5. The van der Waals surface area contributed by atoms with Gasteiger partial charge in [0.15, 0.2) is 0 Å². The number of anilines is 3. The Bertz CT molecular complexity index is 5130. The molecule has 3 heteroatoms. The lowest BCUT2D eigenvalue weighted by Crippen LogP contribution is -2.28. The highest BCUT2D eigenvalue weighted by Gasteiger charge is 2.47. The second kappa shape index (κ2) is 18.9. The largest absolute Gasteiger partial charge is 0.455 e. The zero-order valence-electron chi connectivity index (χ0n) is 47.2. The lowest BCUT2D eigenvalue weighted by atomic mass is 9.67. The lowest BCUT2D eigenvalue weighted by molar-refractivity contribution is 0.660. The van der Waals surface area contributed by atoms with Gasteiger partial charge in [-0.2, -0.15) is 0 Å². The Morgan fingerprint density at radius 1 is 0.318 bits per heavy atom. The van der Waals surface area contributed by atoms with Crippen LogP contribution in [-0.4, -0.2) is 4.57 Å². The van der Waals surface area contributed by atoms with Crippen molar-refractivity contribution in [3.8, 4) is 61.3 Å². The number of rotatable bonds is 9. The molecule has 3 nitrogen and oxygen atoms in total. The molecule has 2 aromatic heterocycles. The van der Waals surface area contributed by atoms with Gasteiger partial charge in [0, 0.05) is 55.3 Å². The Hall–Kier alpha value is -10.7. The maximum Gasteiger partial charge on any atom is 0.143 e. The Labute approximate surface area is 494 Å². The third-order valence-corrected chi connectivity index (χ3v) is 18.7. The fraction of sp³-hybridized carbons (Fsp3) is 0.0488. The van der Waals surface area contributed by atoms with Gasteiger partial charge in [-0.15, -0.1) is 0 Å². The number of furan rings is 1. The first-order chi connectivity index (χ1) is 41.9. The molecule has 0 aliphatic heterocycles. The molecule has 15 aromatic rings. The van der Waals surface area contributed by atoms with Gasteiger partial charge < -0.3 is 13.9 Å². The normalized spacial score (nSPS) is 14.6. The summed E-state index contributed by atoms with van der Waals surface area (Å²) in [6.45, 7) is 4.73. The molecule has 85 heavy (non-hydrogen) atoms. The Balaban J connectivity index is 0.777. The van der Waals surface area contributed by atoms with E-state index in [0.29, 0.717) is 0 Å². The molecule has 17 rings (SSSR count). The molecule has 13 aromatic carbocycles. The molecule has 0 N–H and O–H groups in total. The minimum Gasteiger partial charge on any atom is -0.455 e. The number of fused-ring (bicyclic) bond motifs is 12. The van der Waals surface area contributed by atoms with E-state index in [-0.39, 0.29) is 5.41 Å². The zero-order valence-corrected chi connectivity index (χ0v) is 47.2. The van der Waals surface area contributed by atoms with Crippen LogP contribution in [0.2, 0.25) is 0 Å². The molecule has 0 spiro atoms. The van der Waals surface area contributed by atoms with Crippen molar-refractivity contribution < 1.29 is 4.42 Å². The third-order valence-electron chi connectivity index (χ3n) is 18.7. The van der Waals surface area contributed by atoms with Gasteiger partial charge in [-0.05, 0) is 156 Å². The monoisotopic (exact) mass is 1080 g/mol. The minimum absolute atomic E-state index is 0.158. The van der Waals surface area contributed by atoms with Crippen molar-refractivity contribution in [2.24, 2.45) is 0 Å². The van der Waals surface area contributed by atoms with E-state index in [9.17, 15) is 0 Å². The van der Waals surface area contributed by atoms with Crippen LogP contribution in [0.1, 0.15) is 47.2 Å². The first kappa shape index (κ1) is 48.9. The Morgan fingerprint density at radius 3 is 1.64 bits per heavy atom. The van der Waals surface area contributed by atoms with Gasteiger partial charge in [0.1, 0.15) is 11.2 Å². The number of nitrogens with zero attached hydrogens (tertiary/aromatic N) is 2. The standard InChI is InChI=1S/C82H56N2O/c1-81(2)72-30-13-9-23-65(72)66-49-48-62(52-75(66)81)83(60-44-37-53(38-45-60)56-41-50-77-71(51-56)67-24-11-15-33-76(67)84(77)59-21-7-4-8-22-59)61-46-39-54(40-47-61)63-27-18-32-74-79(63)70-26-10-14-31-73(70)82(74,57-19-5-3-6-20-57)58-42-35-55(36-43-58)64-28-17-29-69-68-25-12-16-34-78(68)85-80(64)69/h3-52H,1-2H3. The number of aromatic nitrogens is 1. The van der Waals surface area contributed by atoms with E-state index >= 15 is 0 Å². The van der Waals surface area contributed by atoms with E-state index in [1.54, 1.807) is 0 Å². The summed E-state index contributed by atoms with van der Waals surface area (Å²) in [7, 11) is 0. The van der Waals surface area contributed by atoms with Crippen molar-refractivity contribution >= 4 is 60.8 Å². The van der Waals surface area contributed by atoms with Crippen molar-refractivity contribution in [2.45, 2.75) is 24.7 Å². The molecular formula is C82H56N2O. The van der Waals surface area contributed by atoms with E-state index < -0.39 is 5.41 Å². The van der Waals surface area contributed by atoms with Crippen LogP contribution in [0.3, 0.4) is 0 Å². The van der Waals surface area contributed by atoms with E-state index in [2.05, 4.69) is 321 Å². The third kappa shape index (κ3) is 7.33. The summed E-state index contributed by atoms with van der Waals surface area (Å²) in [5.74, 6) is 0. The number of hydrogen-bond acceptors (Lipinski definition) is 2. The molecule has 0 radical (unpaired) electrons. The van der Waals surface area contributed by atoms with Crippen LogP contribution >= 0.6 is 0 Å². The summed E-state index contributed by atoms with van der Waals surface area (Å²) in [5, 5.41) is 4.75. The van der Waals surface area contributed by atoms with E-state index in [1.807, 2.05) is 6.07 Å². The molecule has 0 saturated heterocycles. The van der Waals surface area contributed by atoms with Crippen LogP contribution < -0.4 is 4.90 Å². The van der Waals surface area contributed by atoms with Crippen molar-refractivity contribution in [1.29, 1.82) is 0 Å². The summed E-state index contributed by atoms with van der Waals surface area (Å²) in [6.07, 6.45) is 0. The van der Waals surface area contributed by atoms with Crippen molar-refractivity contribution in [1.82, 2.24) is 4.57 Å². The van der Waals surface area contributed by atoms with Gasteiger partial charge in [0.2, 0.25) is 0 Å². The summed E-state index contributed by atoms with van der Waals surface area (Å²) in [6, 6.07) is 112. The van der Waals surface area contributed by atoms with E-state index in [0.717, 1.165) is 55.8 Å². The van der Waals surface area contributed by atoms with E-state index in [4.69, 9.17) is 4.42 Å². The SMILES string of the molecule is CC1(C)c2ccccc2-c2ccc(N(c3ccc(-c4ccc5c(c4)c4ccccc4n5-c4ccccc4)cc3)c3ccc(-c4cccc5c4-c4ccccc4C5(c4ccccc4)c4ccc(-c5cccc6c5oc5ccccc56)cc4)cc3)cc21. The van der Waals surface area contributed by atoms with Gasteiger partial charge >= 0.3 is 0 Å². The lowest BCUT2D eigenvalue weighted by Gasteiger charge is -2.34. The first-order valence-corrected chi connectivity index (χ1v) is 29.6. The molecule has 2 aliphatic rings. The summed E-state index contributed by atoms with van der Waals surface area (Å²) in [5.41, 5.74) is 27.7. The fourth-order valence-electron chi connectivity index (χ4n) is 14.8. The molecular weight excluding hydrogens is 1030 g/mol. The quantitative estimate of drug-likeness (QED) is 0.144. The smallest absolute Gasteiger partial charge is 0.143 e. The molecule has 0 bridgehead atoms. The van der Waals surface area contributed by atoms with Gasteiger partial charge in [-0.3, -0.25) is 0 Å². The van der Waals surface area contributed by atoms with E-state index in [1.165, 1.54) is 99.7 Å². The molecule has 0 fully saturated rings.